The van der Waals surface area contributed by atoms with Gasteiger partial charge in [0, 0.05) is 23.7 Å². The molecular formula is C12H15NO. The molecule has 74 valence electrons. The highest BCUT2D eigenvalue weighted by Crippen LogP contribution is 2.26. The Balaban J connectivity index is 2.94. The molecule has 0 saturated carbocycles. The van der Waals surface area contributed by atoms with Gasteiger partial charge in [0.15, 0.2) is 0 Å². The number of para-hydroxylation sites is 1. The Labute approximate surface area is 83.8 Å². The number of hydrogen-bond acceptors (Lipinski definition) is 1. The van der Waals surface area contributed by atoms with E-state index < -0.39 is 0 Å². The average Bonchev–Trinajstić information content (AvgIpc) is 2.44. The van der Waals surface area contributed by atoms with Gasteiger partial charge in [-0.25, -0.2) is 0 Å². The largest absolute Gasteiger partial charge is 0.392 e. The van der Waals surface area contributed by atoms with Gasteiger partial charge < -0.3 is 9.67 Å². The first kappa shape index (κ1) is 9.28. The van der Waals surface area contributed by atoms with Crippen LogP contribution < -0.4 is 0 Å². The minimum absolute atomic E-state index is 0.105. The van der Waals surface area contributed by atoms with E-state index in [9.17, 15) is 5.11 Å². The van der Waals surface area contributed by atoms with E-state index in [1.807, 2.05) is 19.2 Å². The molecule has 0 atom stereocenters. The molecule has 1 N–H and O–H groups in total. The lowest BCUT2D eigenvalue weighted by molar-refractivity contribution is 0.283. The Kier molecular flexibility index (Phi) is 2.08. The summed E-state index contributed by atoms with van der Waals surface area (Å²) in [5.74, 6) is 0. The van der Waals surface area contributed by atoms with Crippen LogP contribution in [0.2, 0.25) is 0 Å². The second kappa shape index (κ2) is 3.14. The van der Waals surface area contributed by atoms with Gasteiger partial charge in [-0.15, -0.1) is 0 Å². The molecule has 2 nitrogen and oxygen atoms in total. The monoisotopic (exact) mass is 189 g/mol. The molecule has 0 unspecified atom stereocenters. The zero-order valence-electron chi connectivity index (χ0n) is 8.83. The van der Waals surface area contributed by atoms with Crippen molar-refractivity contribution in [2.24, 2.45) is 7.05 Å². The van der Waals surface area contributed by atoms with Gasteiger partial charge in [-0.2, -0.15) is 0 Å². The number of nitrogens with zero attached hydrogens (tertiary/aromatic N) is 1. The van der Waals surface area contributed by atoms with Crippen molar-refractivity contribution in [3.05, 3.63) is 35.0 Å². The quantitative estimate of drug-likeness (QED) is 0.731. The molecule has 0 fully saturated rings. The number of aliphatic hydroxyl groups is 1. The van der Waals surface area contributed by atoms with Crippen LogP contribution in [0.5, 0.6) is 0 Å². The van der Waals surface area contributed by atoms with Crippen LogP contribution in [0.3, 0.4) is 0 Å². The minimum atomic E-state index is 0.105. The van der Waals surface area contributed by atoms with E-state index >= 15 is 0 Å². The number of rotatable bonds is 1. The third-order valence-corrected chi connectivity index (χ3v) is 3.08. The molecule has 0 amide bonds. The highest BCUT2D eigenvalue weighted by Gasteiger charge is 2.10. The van der Waals surface area contributed by atoms with Crippen molar-refractivity contribution in [3.8, 4) is 0 Å². The molecule has 1 heterocycles. The maximum absolute atomic E-state index is 9.25. The van der Waals surface area contributed by atoms with Gasteiger partial charge in [-0.05, 0) is 19.4 Å². The number of aliphatic hydroxyl groups excluding tert-OH is 1. The Morgan fingerprint density at radius 2 is 2.00 bits per heavy atom. The summed E-state index contributed by atoms with van der Waals surface area (Å²) >= 11 is 0. The Morgan fingerprint density at radius 3 is 2.64 bits per heavy atom. The highest BCUT2D eigenvalue weighted by atomic mass is 16.3. The molecule has 0 bridgehead atoms. The van der Waals surface area contributed by atoms with Crippen molar-refractivity contribution >= 4 is 10.9 Å². The molecule has 0 radical (unpaired) electrons. The number of aryl methyl sites for hydroxylation is 2. The lowest BCUT2D eigenvalue weighted by atomic mass is 10.1. The van der Waals surface area contributed by atoms with E-state index in [0.717, 1.165) is 11.1 Å². The lowest BCUT2D eigenvalue weighted by Gasteiger charge is -2.03. The maximum Gasteiger partial charge on any atom is 0.0702 e. The molecule has 2 rings (SSSR count). The topological polar surface area (TPSA) is 25.2 Å². The van der Waals surface area contributed by atoms with Crippen molar-refractivity contribution < 1.29 is 5.11 Å². The van der Waals surface area contributed by atoms with E-state index in [-0.39, 0.29) is 6.61 Å². The third-order valence-electron chi connectivity index (χ3n) is 3.08. The summed E-state index contributed by atoms with van der Waals surface area (Å²) in [7, 11) is 2.05. The number of aromatic nitrogens is 1. The van der Waals surface area contributed by atoms with Crippen LogP contribution in [0.15, 0.2) is 18.2 Å². The molecule has 14 heavy (non-hydrogen) atoms. The second-order valence-electron chi connectivity index (χ2n) is 3.74. The Bertz CT molecular complexity index is 483. The third kappa shape index (κ3) is 1.07. The fourth-order valence-corrected chi connectivity index (χ4v) is 2.03. The van der Waals surface area contributed by atoms with Crippen LogP contribution >= 0.6 is 0 Å². The van der Waals surface area contributed by atoms with Crippen LogP contribution in [0.4, 0.5) is 0 Å². The van der Waals surface area contributed by atoms with Gasteiger partial charge >= 0.3 is 0 Å². The molecule has 2 aromatic rings. The lowest BCUT2D eigenvalue weighted by Crippen LogP contribution is -1.94. The second-order valence-corrected chi connectivity index (χ2v) is 3.74. The minimum Gasteiger partial charge on any atom is -0.392 e. The smallest absolute Gasteiger partial charge is 0.0702 e. The van der Waals surface area contributed by atoms with E-state index in [1.54, 1.807) is 0 Å². The zero-order chi connectivity index (χ0) is 10.3. The summed E-state index contributed by atoms with van der Waals surface area (Å²) in [6, 6.07) is 6.08. The van der Waals surface area contributed by atoms with Crippen molar-refractivity contribution in [3.63, 3.8) is 0 Å². The van der Waals surface area contributed by atoms with E-state index in [1.165, 1.54) is 16.6 Å². The fourth-order valence-electron chi connectivity index (χ4n) is 2.03. The van der Waals surface area contributed by atoms with Gasteiger partial charge in [-0.1, -0.05) is 18.2 Å². The highest BCUT2D eigenvalue weighted by molar-refractivity contribution is 5.87. The normalized spacial score (nSPS) is 11.1. The van der Waals surface area contributed by atoms with Crippen molar-refractivity contribution in [1.29, 1.82) is 0 Å². The molecule has 0 aliphatic heterocycles. The molecule has 0 spiro atoms. The predicted molar refractivity (Wildman–Crippen MR) is 58.3 cm³/mol. The molecule has 1 aromatic heterocycles. The fraction of sp³-hybridized carbons (Fsp3) is 0.333. The molecule has 1 aromatic carbocycles. The van der Waals surface area contributed by atoms with Gasteiger partial charge in [-0.3, -0.25) is 0 Å². The first-order valence-corrected chi connectivity index (χ1v) is 4.81. The first-order valence-electron chi connectivity index (χ1n) is 4.81. The van der Waals surface area contributed by atoms with E-state index in [0.29, 0.717) is 0 Å². The van der Waals surface area contributed by atoms with Crippen molar-refractivity contribution in [1.82, 2.24) is 4.57 Å². The predicted octanol–water partition coefficient (Wildman–Crippen LogP) is 2.29. The summed E-state index contributed by atoms with van der Waals surface area (Å²) in [6.07, 6.45) is 0. The summed E-state index contributed by atoms with van der Waals surface area (Å²) in [5.41, 5.74) is 4.73. The average molecular weight is 189 g/mol. The van der Waals surface area contributed by atoms with Crippen LogP contribution in [0.25, 0.3) is 10.9 Å². The maximum atomic E-state index is 9.25. The van der Waals surface area contributed by atoms with Crippen molar-refractivity contribution in [2.45, 2.75) is 20.5 Å². The molecule has 0 aliphatic rings. The van der Waals surface area contributed by atoms with Gasteiger partial charge in [0.1, 0.15) is 0 Å². The van der Waals surface area contributed by atoms with Crippen LogP contribution in [-0.2, 0) is 13.7 Å². The summed E-state index contributed by atoms with van der Waals surface area (Å²) in [4.78, 5) is 0. The van der Waals surface area contributed by atoms with Crippen LogP contribution in [0, 0.1) is 13.8 Å². The van der Waals surface area contributed by atoms with Gasteiger partial charge in [0.2, 0.25) is 0 Å². The van der Waals surface area contributed by atoms with E-state index in [2.05, 4.69) is 24.5 Å². The van der Waals surface area contributed by atoms with E-state index in [4.69, 9.17) is 0 Å². The van der Waals surface area contributed by atoms with Gasteiger partial charge in [0.25, 0.3) is 0 Å². The Morgan fingerprint density at radius 1 is 1.29 bits per heavy atom. The SMILES string of the molecule is Cc1c(C)n(C)c2c(CO)cccc12. The zero-order valence-corrected chi connectivity index (χ0v) is 8.83. The summed E-state index contributed by atoms with van der Waals surface area (Å²) in [5, 5.41) is 10.5. The first-order chi connectivity index (χ1) is 6.66. The molecular weight excluding hydrogens is 174 g/mol. The van der Waals surface area contributed by atoms with Crippen molar-refractivity contribution in [2.75, 3.05) is 0 Å². The van der Waals surface area contributed by atoms with Crippen LogP contribution in [-0.4, -0.2) is 9.67 Å². The number of hydrogen-bond donors (Lipinski definition) is 1. The molecule has 0 saturated heterocycles. The standard InChI is InChI=1S/C12H15NO/c1-8-9(2)13(3)12-10(7-14)5-4-6-11(8)12/h4-6,14H,7H2,1-3H3. The number of benzene rings is 1. The summed E-state index contributed by atoms with van der Waals surface area (Å²) < 4.78 is 2.15. The molecule has 0 aliphatic carbocycles. The number of fused-ring (bicyclic) bond motifs is 1. The molecule has 2 heteroatoms. The Hall–Kier alpha value is -1.28. The van der Waals surface area contributed by atoms with Crippen LogP contribution in [0.1, 0.15) is 16.8 Å². The summed E-state index contributed by atoms with van der Waals surface area (Å²) in [6.45, 7) is 4.34. The van der Waals surface area contributed by atoms with Gasteiger partial charge in [0.05, 0.1) is 12.1 Å².